The number of aryl methyl sites for hydroxylation is 2. The van der Waals surface area contributed by atoms with Gasteiger partial charge in [0.1, 0.15) is 6.61 Å². The number of aromatic nitrogens is 3. The van der Waals surface area contributed by atoms with E-state index in [0.29, 0.717) is 52.7 Å². The molecule has 0 spiro atoms. The zero-order valence-corrected chi connectivity index (χ0v) is 27.2. The summed E-state index contributed by atoms with van der Waals surface area (Å²) in [6.07, 6.45) is 2.59. The lowest BCUT2D eigenvalue weighted by Gasteiger charge is -2.32. The zero-order valence-electron chi connectivity index (χ0n) is 27.2. The number of hydrogen-bond acceptors (Lipinski definition) is 6. The number of fused-ring (bicyclic) bond motifs is 8. The second kappa shape index (κ2) is 12.1. The Morgan fingerprint density at radius 3 is 2.60 bits per heavy atom. The highest BCUT2D eigenvalue weighted by atomic mass is 19.1. The summed E-state index contributed by atoms with van der Waals surface area (Å²) in [6, 6.07) is 22.0. The van der Waals surface area contributed by atoms with Crippen molar-refractivity contribution < 1.29 is 23.8 Å². The van der Waals surface area contributed by atoms with Gasteiger partial charge in [0, 0.05) is 35.0 Å². The first kappa shape index (κ1) is 30.9. The molecule has 8 nitrogen and oxygen atoms in total. The van der Waals surface area contributed by atoms with E-state index in [1.807, 2.05) is 45.0 Å². The van der Waals surface area contributed by atoms with Crippen molar-refractivity contribution in [1.29, 1.82) is 0 Å². The maximum Gasteiger partial charge on any atom is 0.337 e. The predicted molar refractivity (Wildman–Crippen MR) is 180 cm³/mol. The highest BCUT2D eigenvalue weighted by Crippen LogP contribution is 2.42. The molecule has 6 bridgehead atoms. The Labute approximate surface area is 273 Å². The number of carboxylic acid groups (broad SMARTS) is 1. The van der Waals surface area contributed by atoms with Crippen LogP contribution in [0.4, 0.5) is 10.1 Å². The molecule has 0 fully saturated rings. The minimum Gasteiger partial charge on any atom is -0.486 e. The SMILES string of the molecule is Cc1nc2cc3nn2c(c1[C@H](OC(C)(C)C)C(=O)O)-c1cc(F)c2c(c1)N(CCCCCc1ccccc1-c1cccc-3c1)CCO2. The highest BCUT2D eigenvalue weighted by Gasteiger charge is 2.34. The third kappa shape index (κ3) is 5.96. The molecule has 3 aromatic carbocycles. The summed E-state index contributed by atoms with van der Waals surface area (Å²) in [4.78, 5) is 19.9. The van der Waals surface area contributed by atoms with E-state index in [0.717, 1.165) is 43.4 Å². The molecule has 4 heterocycles. The van der Waals surface area contributed by atoms with E-state index in [4.69, 9.17) is 19.6 Å². The molecule has 5 aromatic rings. The number of carbonyl (C=O) groups is 1. The number of halogens is 1. The Morgan fingerprint density at radius 1 is 0.979 bits per heavy atom. The average molecular weight is 635 g/mol. The van der Waals surface area contributed by atoms with Gasteiger partial charge in [0.15, 0.2) is 23.3 Å². The van der Waals surface area contributed by atoms with Gasteiger partial charge in [0.25, 0.3) is 0 Å². The van der Waals surface area contributed by atoms with Crippen LogP contribution in [0.15, 0.2) is 66.7 Å². The van der Waals surface area contributed by atoms with Crippen LogP contribution in [0.25, 0.3) is 39.3 Å². The number of nitrogens with zero attached hydrogens (tertiary/aromatic N) is 4. The summed E-state index contributed by atoms with van der Waals surface area (Å²) in [5, 5.41) is 15.5. The van der Waals surface area contributed by atoms with Crippen LogP contribution in [0.3, 0.4) is 0 Å². The molecule has 242 valence electrons. The number of benzene rings is 3. The average Bonchev–Trinajstić information content (AvgIpc) is 3.46. The maximum atomic E-state index is 16.0. The van der Waals surface area contributed by atoms with Crippen molar-refractivity contribution in [2.45, 2.75) is 65.1 Å². The Morgan fingerprint density at radius 2 is 1.79 bits per heavy atom. The molecule has 1 N–H and O–H groups in total. The molecule has 47 heavy (non-hydrogen) atoms. The predicted octanol–water partition coefficient (Wildman–Crippen LogP) is 8.04. The summed E-state index contributed by atoms with van der Waals surface area (Å²) >= 11 is 0. The number of aliphatic carboxylic acids is 1. The second-order valence-electron chi connectivity index (χ2n) is 13.4. The molecule has 0 radical (unpaired) electrons. The van der Waals surface area contributed by atoms with Crippen LogP contribution in [0.2, 0.25) is 0 Å². The van der Waals surface area contributed by atoms with Gasteiger partial charge >= 0.3 is 5.97 Å². The molecule has 2 aliphatic heterocycles. The highest BCUT2D eigenvalue weighted by molar-refractivity contribution is 5.83. The number of rotatable bonds is 3. The van der Waals surface area contributed by atoms with E-state index in [1.165, 1.54) is 17.2 Å². The molecule has 0 aliphatic carbocycles. The van der Waals surface area contributed by atoms with Crippen LogP contribution in [0, 0.1) is 12.7 Å². The van der Waals surface area contributed by atoms with Crippen LogP contribution in [-0.4, -0.2) is 51.0 Å². The van der Waals surface area contributed by atoms with Crippen LogP contribution >= 0.6 is 0 Å². The summed E-state index contributed by atoms with van der Waals surface area (Å²) in [5.74, 6) is -1.46. The molecule has 0 amide bonds. The first-order valence-corrected chi connectivity index (χ1v) is 16.3. The van der Waals surface area contributed by atoms with Gasteiger partial charge in [-0.3, -0.25) is 0 Å². The second-order valence-corrected chi connectivity index (χ2v) is 13.4. The molecule has 7 rings (SSSR count). The third-order valence-corrected chi connectivity index (χ3v) is 8.89. The monoisotopic (exact) mass is 634 g/mol. The van der Waals surface area contributed by atoms with Gasteiger partial charge in [-0.05, 0) is 81.8 Å². The van der Waals surface area contributed by atoms with Crippen molar-refractivity contribution in [3.05, 3.63) is 89.4 Å². The van der Waals surface area contributed by atoms with Crippen molar-refractivity contribution in [1.82, 2.24) is 14.6 Å². The Kier molecular flexibility index (Phi) is 7.96. The molecule has 0 unspecified atom stereocenters. The fourth-order valence-corrected chi connectivity index (χ4v) is 6.82. The largest absolute Gasteiger partial charge is 0.486 e. The van der Waals surface area contributed by atoms with Crippen molar-refractivity contribution in [3.63, 3.8) is 0 Å². The standard InChI is InChI=1S/C38H39FN4O4/c1-23-33(36(37(44)45)47-38(2,3)4)34-27-20-29(39)35-31(21-27)42(17-18-46-35)16-9-5-6-11-24-12-7-8-15-28(24)25-13-10-14-26(19-25)30-22-32(40-23)43(34)41-30/h7-8,10,12-15,19-22,36H,5-6,9,11,16-18H2,1-4H3,(H,44,45)/t36-/m0/s1. The van der Waals surface area contributed by atoms with Crippen LogP contribution in [0.5, 0.6) is 5.75 Å². The molecular formula is C38H39FN4O4. The minimum atomic E-state index is -1.38. The van der Waals surface area contributed by atoms with Gasteiger partial charge < -0.3 is 19.5 Å². The van der Waals surface area contributed by atoms with Crippen molar-refractivity contribution >= 4 is 17.3 Å². The minimum absolute atomic E-state index is 0.214. The Hall–Kier alpha value is -4.76. The molecular weight excluding hydrogens is 595 g/mol. The fraction of sp³-hybridized carbons (Fsp3) is 0.342. The summed E-state index contributed by atoms with van der Waals surface area (Å²) in [5.41, 5.74) is 7.23. The Bertz CT molecular complexity index is 2000. The van der Waals surface area contributed by atoms with Gasteiger partial charge in [-0.25, -0.2) is 18.7 Å². The van der Waals surface area contributed by atoms with Gasteiger partial charge in [-0.15, -0.1) is 0 Å². The Balaban J connectivity index is 1.52. The zero-order chi connectivity index (χ0) is 32.9. The van der Waals surface area contributed by atoms with E-state index >= 15 is 4.39 Å². The van der Waals surface area contributed by atoms with Crippen molar-refractivity contribution in [3.8, 4) is 39.4 Å². The first-order chi connectivity index (χ1) is 22.6. The van der Waals surface area contributed by atoms with E-state index < -0.39 is 23.5 Å². The third-order valence-electron chi connectivity index (χ3n) is 8.89. The van der Waals surface area contributed by atoms with E-state index in [1.54, 1.807) is 11.4 Å². The quantitative estimate of drug-likeness (QED) is 0.215. The lowest BCUT2D eigenvalue weighted by molar-refractivity contribution is -0.160. The van der Waals surface area contributed by atoms with E-state index in [-0.39, 0.29) is 5.75 Å². The first-order valence-electron chi connectivity index (χ1n) is 16.3. The molecule has 0 saturated carbocycles. The summed E-state index contributed by atoms with van der Waals surface area (Å²) < 4.78 is 29.7. The van der Waals surface area contributed by atoms with Crippen LogP contribution < -0.4 is 9.64 Å². The van der Waals surface area contributed by atoms with Crippen molar-refractivity contribution in [2.75, 3.05) is 24.6 Å². The van der Waals surface area contributed by atoms with Crippen LogP contribution in [-0.2, 0) is 16.0 Å². The van der Waals surface area contributed by atoms with Crippen LogP contribution in [0.1, 0.15) is 63.0 Å². The lowest BCUT2D eigenvalue weighted by atomic mass is 9.94. The molecule has 9 heteroatoms. The number of carboxylic acids is 1. The maximum absolute atomic E-state index is 16.0. The molecule has 2 aliphatic rings. The molecule has 1 atom stereocenters. The number of ether oxygens (including phenoxy) is 2. The van der Waals surface area contributed by atoms with Gasteiger partial charge in [-0.1, -0.05) is 48.9 Å². The number of hydrogen-bond donors (Lipinski definition) is 1. The summed E-state index contributed by atoms with van der Waals surface area (Å²) in [6.45, 7) is 8.96. The van der Waals surface area contributed by atoms with Gasteiger partial charge in [-0.2, -0.15) is 5.10 Å². The van der Waals surface area contributed by atoms with Gasteiger partial charge in [0.05, 0.1) is 29.2 Å². The molecule has 0 saturated heterocycles. The molecule has 2 aromatic heterocycles. The smallest absolute Gasteiger partial charge is 0.337 e. The van der Waals surface area contributed by atoms with Crippen molar-refractivity contribution in [2.24, 2.45) is 0 Å². The van der Waals surface area contributed by atoms with Gasteiger partial charge in [0.2, 0.25) is 0 Å². The van der Waals surface area contributed by atoms with E-state index in [2.05, 4.69) is 41.3 Å². The van der Waals surface area contributed by atoms with E-state index in [9.17, 15) is 9.90 Å². The number of anilines is 1. The normalized spacial score (nSPS) is 15.5. The fourth-order valence-electron chi connectivity index (χ4n) is 6.82. The lowest BCUT2D eigenvalue weighted by Crippen LogP contribution is -2.34. The summed E-state index contributed by atoms with van der Waals surface area (Å²) in [7, 11) is 0. The topological polar surface area (TPSA) is 89.2 Å².